The number of esters is 1. The third kappa shape index (κ3) is 5.87. The first kappa shape index (κ1) is 25.6. The Morgan fingerprint density at radius 3 is 2.41 bits per heavy atom. The number of ether oxygens (including phenoxy) is 2. The summed E-state index contributed by atoms with van der Waals surface area (Å²) in [6.07, 6.45) is 0.00748. The van der Waals surface area contributed by atoms with E-state index in [0.29, 0.717) is 29.1 Å². The van der Waals surface area contributed by atoms with Crippen LogP contribution in [0.3, 0.4) is 0 Å². The van der Waals surface area contributed by atoms with Crippen molar-refractivity contribution in [3.63, 3.8) is 0 Å². The van der Waals surface area contributed by atoms with Crippen molar-refractivity contribution in [1.82, 2.24) is 4.57 Å². The van der Waals surface area contributed by atoms with Crippen molar-refractivity contribution in [2.45, 2.75) is 13.0 Å². The number of aliphatic carboxylic acids is 1. The zero-order chi connectivity index (χ0) is 26.4. The number of hydrogen-bond acceptors (Lipinski definition) is 8. The van der Waals surface area contributed by atoms with E-state index in [2.05, 4.69) is 9.89 Å². The molecular weight excluding hydrogens is 496 g/mol. The van der Waals surface area contributed by atoms with E-state index in [-0.39, 0.29) is 17.9 Å². The van der Waals surface area contributed by atoms with E-state index < -0.39 is 17.9 Å². The molecule has 4 rings (SSSR count). The van der Waals surface area contributed by atoms with Gasteiger partial charge in [-0.3, -0.25) is 19.0 Å². The zero-order valence-electron chi connectivity index (χ0n) is 19.9. The van der Waals surface area contributed by atoms with Gasteiger partial charge in [0.2, 0.25) is 0 Å². The Kier molecular flexibility index (Phi) is 7.99. The largest absolute Gasteiger partial charge is 0.492 e. The van der Waals surface area contributed by atoms with Gasteiger partial charge in [-0.2, -0.15) is 0 Å². The zero-order valence-corrected chi connectivity index (χ0v) is 20.7. The van der Waals surface area contributed by atoms with E-state index >= 15 is 0 Å². The molecule has 37 heavy (non-hydrogen) atoms. The molecule has 0 bridgehead atoms. The number of nitrogens with zero attached hydrogens (tertiary/aromatic N) is 2. The molecule has 1 atom stereocenters. The molecular formula is C27H24N2O7S. The van der Waals surface area contributed by atoms with Crippen LogP contribution in [0.25, 0.3) is 10.2 Å². The van der Waals surface area contributed by atoms with Gasteiger partial charge in [0.1, 0.15) is 18.1 Å². The molecule has 0 aliphatic heterocycles. The molecule has 0 aliphatic carbocycles. The number of thiazole rings is 1. The summed E-state index contributed by atoms with van der Waals surface area (Å²) in [5.41, 5.74) is 3.29. The van der Waals surface area contributed by atoms with Crippen LogP contribution in [0.1, 0.15) is 16.7 Å². The van der Waals surface area contributed by atoms with Gasteiger partial charge in [0.15, 0.2) is 5.92 Å². The highest BCUT2D eigenvalue weighted by Gasteiger charge is 2.27. The van der Waals surface area contributed by atoms with E-state index in [9.17, 15) is 24.7 Å². The van der Waals surface area contributed by atoms with Crippen LogP contribution < -0.4 is 9.61 Å². The second kappa shape index (κ2) is 11.5. The maximum Gasteiger partial charge on any atom is 0.320 e. The van der Waals surface area contributed by atoms with Crippen LogP contribution in [0.2, 0.25) is 0 Å². The van der Waals surface area contributed by atoms with Crippen molar-refractivity contribution >= 4 is 39.2 Å². The number of carbonyl (C=O) groups is 2. The number of benzene rings is 3. The highest BCUT2D eigenvalue weighted by Crippen LogP contribution is 2.22. The number of aromatic nitrogens is 1. The predicted molar refractivity (Wildman–Crippen MR) is 139 cm³/mol. The minimum Gasteiger partial charge on any atom is -0.492 e. The third-order valence-electron chi connectivity index (χ3n) is 5.82. The lowest BCUT2D eigenvalue weighted by Crippen LogP contribution is -2.27. The van der Waals surface area contributed by atoms with Crippen LogP contribution >= 0.6 is 11.3 Å². The second-order valence-electron chi connectivity index (χ2n) is 8.13. The monoisotopic (exact) mass is 520 g/mol. The van der Waals surface area contributed by atoms with Crippen LogP contribution in [0.15, 0.2) is 82.7 Å². The van der Waals surface area contributed by atoms with Gasteiger partial charge in [-0.15, -0.1) is 0 Å². The van der Waals surface area contributed by atoms with Gasteiger partial charge in [0.25, 0.3) is 0 Å². The Bertz CT molecular complexity index is 1490. The van der Waals surface area contributed by atoms with E-state index in [0.717, 1.165) is 34.2 Å². The van der Waals surface area contributed by atoms with Crippen molar-refractivity contribution in [1.29, 1.82) is 0 Å². The minimum atomic E-state index is -1.27. The molecule has 0 radical (unpaired) electrons. The third-order valence-corrected chi connectivity index (χ3v) is 6.76. The smallest absolute Gasteiger partial charge is 0.320 e. The highest BCUT2D eigenvalue weighted by molar-refractivity contribution is 7.16. The van der Waals surface area contributed by atoms with Gasteiger partial charge >= 0.3 is 16.8 Å². The fourth-order valence-electron chi connectivity index (χ4n) is 3.93. The molecule has 0 saturated carbocycles. The number of carboxylic acid groups (broad SMARTS) is 1. The fraction of sp³-hybridized carbons (Fsp3) is 0.185. The molecule has 1 unspecified atom stereocenters. The Balaban J connectivity index is 1.42. The lowest BCUT2D eigenvalue weighted by Gasteiger charge is -2.11. The molecule has 0 saturated heterocycles. The first-order chi connectivity index (χ1) is 17.9. The van der Waals surface area contributed by atoms with E-state index in [1.54, 1.807) is 28.8 Å². The number of rotatable bonds is 10. The normalized spacial score (nSPS) is 12.3. The Labute approximate surface area is 215 Å². The van der Waals surface area contributed by atoms with E-state index in [4.69, 9.17) is 4.74 Å². The molecule has 0 aliphatic rings. The van der Waals surface area contributed by atoms with Crippen LogP contribution in [0.4, 0.5) is 0 Å². The minimum absolute atomic E-state index is 0.00748. The van der Waals surface area contributed by atoms with Crippen LogP contribution in [-0.2, 0) is 27.3 Å². The van der Waals surface area contributed by atoms with Gasteiger partial charge < -0.3 is 19.8 Å². The van der Waals surface area contributed by atoms with Gasteiger partial charge in [0, 0.05) is 11.1 Å². The average Bonchev–Trinajstić information content (AvgIpc) is 3.22. The molecule has 3 aromatic carbocycles. The summed E-state index contributed by atoms with van der Waals surface area (Å²) in [6, 6.07) is 21.5. The van der Waals surface area contributed by atoms with Crippen molar-refractivity contribution in [3.05, 3.63) is 99.2 Å². The summed E-state index contributed by atoms with van der Waals surface area (Å²) in [5.74, 6) is -2.76. The van der Waals surface area contributed by atoms with Crippen molar-refractivity contribution in [2.24, 2.45) is 11.1 Å². The van der Waals surface area contributed by atoms with E-state index in [1.807, 2.05) is 48.5 Å². The van der Waals surface area contributed by atoms with Crippen LogP contribution in [-0.4, -0.2) is 46.2 Å². The maximum absolute atomic E-state index is 12.6. The molecule has 1 aromatic heterocycles. The van der Waals surface area contributed by atoms with Gasteiger partial charge in [-0.1, -0.05) is 65.0 Å². The van der Waals surface area contributed by atoms with Gasteiger partial charge in [0.05, 0.1) is 23.9 Å². The van der Waals surface area contributed by atoms with Crippen molar-refractivity contribution in [2.75, 3.05) is 13.7 Å². The number of hydrogen-bond donors (Lipinski definition) is 2. The summed E-state index contributed by atoms with van der Waals surface area (Å²) in [7, 11) is 1.15. The van der Waals surface area contributed by atoms with Gasteiger partial charge in [-0.25, -0.2) is 0 Å². The number of oxime groups is 1. The number of methoxy groups -OCH3 is 1. The molecule has 0 amide bonds. The Morgan fingerprint density at radius 2 is 1.76 bits per heavy atom. The van der Waals surface area contributed by atoms with Crippen molar-refractivity contribution in [3.8, 4) is 5.75 Å². The number of carbonyl (C=O) groups excluding carboxylic acids is 1. The molecule has 190 valence electrons. The number of carboxylic acids is 1. The lowest BCUT2D eigenvalue weighted by molar-refractivity contribution is -0.156. The number of fused-ring (bicyclic) bond motifs is 1. The highest BCUT2D eigenvalue weighted by atomic mass is 32.1. The quantitative estimate of drug-likeness (QED) is 0.107. The molecule has 2 N–H and O–H groups in total. The molecule has 9 nitrogen and oxygen atoms in total. The Hall–Kier alpha value is -4.44. The predicted octanol–water partition coefficient (Wildman–Crippen LogP) is 3.78. The Morgan fingerprint density at radius 1 is 1.03 bits per heavy atom. The topological polar surface area (TPSA) is 127 Å². The fourth-order valence-corrected chi connectivity index (χ4v) is 4.89. The standard InChI is InChI=1S/C27H24N2O7S/c1-35-26(32)21(25(30)31)15-17-7-10-20(11-8-17)36-14-13-29-22-12-9-19(16-23(22)37-27(29)33)24(28-34)18-5-3-2-4-6-18/h2-12,16,21,34H,13-15H2,1H3,(H,30,31). The first-order valence-corrected chi connectivity index (χ1v) is 12.2. The maximum atomic E-state index is 12.6. The molecule has 0 spiro atoms. The van der Waals surface area contributed by atoms with Crippen LogP contribution in [0, 0.1) is 5.92 Å². The first-order valence-electron chi connectivity index (χ1n) is 11.3. The van der Waals surface area contributed by atoms with Crippen LogP contribution in [0.5, 0.6) is 5.75 Å². The molecule has 1 heterocycles. The summed E-state index contributed by atoms with van der Waals surface area (Å²) >= 11 is 1.11. The lowest BCUT2D eigenvalue weighted by atomic mass is 9.99. The van der Waals surface area contributed by atoms with E-state index in [1.165, 1.54) is 0 Å². The molecule has 4 aromatic rings. The second-order valence-corrected chi connectivity index (χ2v) is 9.12. The summed E-state index contributed by atoms with van der Waals surface area (Å²) in [6.45, 7) is 0.559. The van der Waals surface area contributed by atoms with Gasteiger partial charge in [-0.05, 0) is 36.2 Å². The van der Waals surface area contributed by atoms with Crippen molar-refractivity contribution < 1.29 is 29.4 Å². The SMILES string of the molecule is COC(=O)C(Cc1ccc(OCCn2c(=O)sc3cc(C(=NO)c4ccccc4)ccc32)cc1)C(=O)O. The summed E-state index contributed by atoms with van der Waals surface area (Å²) in [4.78, 5) is 35.5. The summed E-state index contributed by atoms with van der Waals surface area (Å²) in [5, 5.41) is 22.3. The average molecular weight is 521 g/mol. The molecule has 0 fully saturated rings. The summed E-state index contributed by atoms with van der Waals surface area (Å²) < 4.78 is 12.7. The molecule has 10 heteroatoms.